The van der Waals surface area contributed by atoms with Gasteiger partial charge in [0.15, 0.2) is 0 Å². The number of hydrogen-bond donors (Lipinski definition) is 1. The molecule has 2 heterocycles. The van der Waals surface area contributed by atoms with Crippen LogP contribution in [0.4, 0.5) is 0 Å². The van der Waals surface area contributed by atoms with E-state index in [-0.39, 0.29) is 6.04 Å². The van der Waals surface area contributed by atoms with Crippen LogP contribution >= 0.6 is 0 Å². The van der Waals surface area contributed by atoms with Crippen LogP contribution in [-0.4, -0.2) is 13.2 Å². The zero-order valence-electron chi connectivity index (χ0n) is 12.8. The smallest absolute Gasteiger partial charge is 0.125 e. The van der Waals surface area contributed by atoms with Gasteiger partial charge in [-0.15, -0.1) is 0 Å². The summed E-state index contributed by atoms with van der Waals surface area (Å²) in [6.45, 7) is 5.97. The standard InChI is InChI=1S/C18H23NO2/c1-3-15-8-10-17(21-15)18(19-4-2)14-7-9-16-13(12-14)6-5-11-20-16/h7-10,12,18-19H,3-6,11H2,1-2H3. The third-order valence-corrected chi connectivity index (χ3v) is 3.99. The molecule has 1 aromatic carbocycles. The predicted molar refractivity (Wildman–Crippen MR) is 83.9 cm³/mol. The molecule has 0 fully saturated rings. The molecule has 0 radical (unpaired) electrons. The number of fused-ring (bicyclic) bond motifs is 1. The van der Waals surface area contributed by atoms with Gasteiger partial charge in [-0.05, 0) is 48.7 Å². The second-order valence-corrected chi connectivity index (χ2v) is 5.47. The molecule has 3 rings (SSSR count). The maximum atomic E-state index is 5.95. The molecule has 3 heteroatoms. The van der Waals surface area contributed by atoms with Crippen molar-refractivity contribution in [2.45, 2.75) is 39.2 Å². The van der Waals surface area contributed by atoms with Crippen molar-refractivity contribution in [2.75, 3.05) is 13.2 Å². The Morgan fingerprint density at radius 3 is 2.86 bits per heavy atom. The first-order valence-corrected chi connectivity index (χ1v) is 7.89. The maximum absolute atomic E-state index is 5.95. The summed E-state index contributed by atoms with van der Waals surface area (Å²) in [5, 5.41) is 3.52. The maximum Gasteiger partial charge on any atom is 0.125 e. The lowest BCUT2D eigenvalue weighted by molar-refractivity contribution is 0.288. The topological polar surface area (TPSA) is 34.4 Å². The van der Waals surface area contributed by atoms with Gasteiger partial charge in [-0.25, -0.2) is 0 Å². The summed E-state index contributed by atoms with van der Waals surface area (Å²) in [6, 6.07) is 10.8. The van der Waals surface area contributed by atoms with Crippen LogP contribution in [0.5, 0.6) is 5.75 Å². The molecule has 3 nitrogen and oxygen atoms in total. The number of ether oxygens (including phenoxy) is 1. The molecule has 21 heavy (non-hydrogen) atoms. The molecular weight excluding hydrogens is 262 g/mol. The Morgan fingerprint density at radius 1 is 1.19 bits per heavy atom. The van der Waals surface area contributed by atoms with Crippen LogP contribution in [0, 0.1) is 0 Å². The highest BCUT2D eigenvalue weighted by molar-refractivity contribution is 5.41. The van der Waals surface area contributed by atoms with Crippen LogP contribution in [0.1, 0.15) is 49.0 Å². The molecule has 1 aliphatic rings. The van der Waals surface area contributed by atoms with E-state index in [0.29, 0.717) is 0 Å². The van der Waals surface area contributed by atoms with Crippen molar-refractivity contribution in [3.05, 3.63) is 53.0 Å². The van der Waals surface area contributed by atoms with Crippen LogP contribution in [0.2, 0.25) is 0 Å². The minimum atomic E-state index is 0.113. The van der Waals surface area contributed by atoms with Crippen LogP contribution in [0.3, 0.4) is 0 Å². The van der Waals surface area contributed by atoms with E-state index in [2.05, 4.69) is 49.5 Å². The molecule has 0 amide bonds. The largest absolute Gasteiger partial charge is 0.493 e. The Kier molecular flexibility index (Phi) is 4.30. The van der Waals surface area contributed by atoms with Crippen LogP contribution in [0.25, 0.3) is 0 Å². The van der Waals surface area contributed by atoms with E-state index in [0.717, 1.165) is 49.7 Å². The van der Waals surface area contributed by atoms with E-state index in [4.69, 9.17) is 9.15 Å². The SMILES string of the molecule is CCNC(c1ccc2c(c1)CCCO2)c1ccc(CC)o1. The quantitative estimate of drug-likeness (QED) is 0.905. The Balaban J connectivity index is 1.93. The summed E-state index contributed by atoms with van der Waals surface area (Å²) in [6.07, 6.45) is 3.13. The van der Waals surface area contributed by atoms with Gasteiger partial charge in [0, 0.05) is 6.42 Å². The fraction of sp³-hybridized carbons (Fsp3) is 0.444. The summed E-state index contributed by atoms with van der Waals surface area (Å²) < 4.78 is 11.7. The third-order valence-electron chi connectivity index (χ3n) is 3.99. The lowest BCUT2D eigenvalue weighted by Crippen LogP contribution is -2.22. The normalized spacial score (nSPS) is 15.3. The number of nitrogens with one attached hydrogen (secondary N) is 1. The minimum absolute atomic E-state index is 0.113. The van der Waals surface area contributed by atoms with Gasteiger partial charge in [-0.3, -0.25) is 0 Å². The Morgan fingerprint density at radius 2 is 2.10 bits per heavy atom. The lowest BCUT2D eigenvalue weighted by atomic mass is 9.98. The molecule has 1 atom stereocenters. The fourth-order valence-corrected chi connectivity index (χ4v) is 2.89. The van der Waals surface area contributed by atoms with Gasteiger partial charge in [-0.1, -0.05) is 26.0 Å². The molecule has 0 saturated heterocycles. The molecule has 1 unspecified atom stereocenters. The van der Waals surface area contributed by atoms with Crippen molar-refractivity contribution < 1.29 is 9.15 Å². The first-order chi connectivity index (χ1) is 10.3. The summed E-state index contributed by atoms with van der Waals surface area (Å²) in [4.78, 5) is 0. The zero-order chi connectivity index (χ0) is 14.7. The number of aryl methyl sites for hydroxylation is 2. The van der Waals surface area contributed by atoms with E-state index in [1.54, 1.807) is 0 Å². The predicted octanol–water partition coefficient (Wildman–Crippen LogP) is 3.87. The Bertz CT molecular complexity index is 603. The molecule has 0 bridgehead atoms. The Hall–Kier alpha value is -1.74. The molecule has 112 valence electrons. The van der Waals surface area contributed by atoms with E-state index < -0.39 is 0 Å². The summed E-state index contributed by atoms with van der Waals surface area (Å²) >= 11 is 0. The molecule has 1 N–H and O–H groups in total. The number of rotatable bonds is 5. The molecule has 0 saturated carbocycles. The molecule has 0 aliphatic carbocycles. The van der Waals surface area contributed by atoms with Crippen LogP contribution in [0.15, 0.2) is 34.7 Å². The molecule has 0 spiro atoms. The number of benzene rings is 1. The second-order valence-electron chi connectivity index (χ2n) is 5.47. The van der Waals surface area contributed by atoms with Gasteiger partial charge >= 0.3 is 0 Å². The highest BCUT2D eigenvalue weighted by Gasteiger charge is 2.19. The van der Waals surface area contributed by atoms with Crippen molar-refractivity contribution in [1.82, 2.24) is 5.32 Å². The highest BCUT2D eigenvalue weighted by Crippen LogP contribution is 2.31. The van der Waals surface area contributed by atoms with Crippen molar-refractivity contribution in [3.8, 4) is 5.75 Å². The van der Waals surface area contributed by atoms with E-state index >= 15 is 0 Å². The van der Waals surface area contributed by atoms with Crippen molar-refractivity contribution in [1.29, 1.82) is 0 Å². The molecule has 1 aromatic heterocycles. The first-order valence-electron chi connectivity index (χ1n) is 7.89. The molecule has 1 aliphatic heterocycles. The van der Waals surface area contributed by atoms with E-state index in [9.17, 15) is 0 Å². The van der Waals surface area contributed by atoms with Gasteiger partial charge < -0.3 is 14.5 Å². The number of hydrogen-bond acceptors (Lipinski definition) is 3. The average Bonchev–Trinajstić information content (AvgIpc) is 3.01. The van der Waals surface area contributed by atoms with Gasteiger partial charge in [0.1, 0.15) is 17.3 Å². The van der Waals surface area contributed by atoms with Crippen molar-refractivity contribution >= 4 is 0 Å². The molecular formula is C18H23NO2. The van der Waals surface area contributed by atoms with Gasteiger partial charge in [-0.2, -0.15) is 0 Å². The van der Waals surface area contributed by atoms with Crippen molar-refractivity contribution in [2.24, 2.45) is 0 Å². The lowest BCUT2D eigenvalue weighted by Gasteiger charge is -2.21. The van der Waals surface area contributed by atoms with E-state index in [1.807, 2.05) is 0 Å². The summed E-state index contributed by atoms with van der Waals surface area (Å²) in [5.41, 5.74) is 2.56. The Labute approximate surface area is 126 Å². The van der Waals surface area contributed by atoms with Crippen molar-refractivity contribution in [3.63, 3.8) is 0 Å². The third kappa shape index (κ3) is 2.98. The summed E-state index contributed by atoms with van der Waals surface area (Å²) in [7, 11) is 0. The zero-order valence-corrected chi connectivity index (χ0v) is 12.8. The fourth-order valence-electron chi connectivity index (χ4n) is 2.89. The number of furan rings is 1. The van der Waals surface area contributed by atoms with Gasteiger partial charge in [0.05, 0.1) is 12.6 Å². The van der Waals surface area contributed by atoms with Crippen LogP contribution in [-0.2, 0) is 12.8 Å². The van der Waals surface area contributed by atoms with Gasteiger partial charge in [0.25, 0.3) is 0 Å². The second kappa shape index (κ2) is 6.35. The average molecular weight is 285 g/mol. The van der Waals surface area contributed by atoms with Crippen LogP contribution < -0.4 is 10.1 Å². The highest BCUT2D eigenvalue weighted by atomic mass is 16.5. The summed E-state index contributed by atoms with van der Waals surface area (Å²) in [5.74, 6) is 3.06. The van der Waals surface area contributed by atoms with E-state index in [1.165, 1.54) is 11.1 Å². The first kappa shape index (κ1) is 14.2. The minimum Gasteiger partial charge on any atom is -0.493 e. The van der Waals surface area contributed by atoms with Gasteiger partial charge in [0.2, 0.25) is 0 Å². The monoisotopic (exact) mass is 285 g/mol. The molecule has 2 aromatic rings.